The van der Waals surface area contributed by atoms with Crippen LogP contribution in [-0.2, 0) is 6.42 Å². The van der Waals surface area contributed by atoms with E-state index in [1.807, 2.05) is 0 Å². The molecule has 0 aliphatic carbocycles. The maximum absolute atomic E-state index is 3.67. The second-order valence-electron chi connectivity index (χ2n) is 5.54. The molecule has 18 heavy (non-hydrogen) atoms. The molecule has 0 saturated carbocycles. The fourth-order valence-corrected chi connectivity index (χ4v) is 2.72. The largest absolute Gasteiger partial charge is 0.315 e. The number of benzene rings is 1. The molecule has 1 unspecified atom stereocenters. The van der Waals surface area contributed by atoms with Crippen LogP contribution in [0.5, 0.6) is 0 Å². The van der Waals surface area contributed by atoms with E-state index in [1.54, 1.807) is 0 Å². The van der Waals surface area contributed by atoms with Crippen molar-refractivity contribution < 1.29 is 0 Å². The summed E-state index contributed by atoms with van der Waals surface area (Å²) in [5.41, 5.74) is 5.82. The van der Waals surface area contributed by atoms with Gasteiger partial charge in [0.1, 0.15) is 0 Å². The zero-order chi connectivity index (χ0) is 13.0. The normalized spacial score (nSPS) is 20.1. The first-order valence-electron chi connectivity index (χ1n) is 7.18. The standard InChI is InChI=1S/C16H26N2/c1-12-6-7-15(14(3)13(12)2)8-10-18-16-5-4-9-17-11-16/h6-7,16-18H,4-5,8-11H2,1-3H3. The van der Waals surface area contributed by atoms with E-state index in [2.05, 4.69) is 43.5 Å². The van der Waals surface area contributed by atoms with Gasteiger partial charge in [0.15, 0.2) is 0 Å². The first kappa shape index (κ1) is 13.6. The average molecular weight is 246 g/mol. The molecule has 1 heterocycles. The molecule has 1 aromatic carbocycles. The maximum atomic E-state index is 3.67. The second-order valence-corrected chi connectivity index (χ2v) is 5.54. The molecule has 0 amide bonds. The summed E-state index contributed by atoms with van der Waals surface area (Å²) in [5.74, 6) is 0. The summed E-state index contributed by atoms with van der Waals surface area (Å²) in [6.07, 6.45) is 3.77. The summed E-state index contributed by atoms with van der Waals surface area (Å²) < 4.78 is 0. The number of hydrogen-bond donors (Lipinski definition) is 2. The SMILES string of the molecule is Cc1ccc(CCNC2CCCNC2)c(C)c1C. The topological polar surface area (TPSA) is 24.1 Å². The van der Waals surface area contributed by atoms with Gasteiger partial charge >= 0.3 is 0 Å². The van der Waals surface area contributed by atoms with E-state index in [-0.39, 0.29) is 0 Å². The van der Waals surface area contributed by atoms with Gasteiger partial charge in [0.2, 0.25) is 0 Å². The van der Waals surface area contributed by atoms with Crippen molar-refractivity contribution in [3.05, 3.63) is 34.4 Å². The number of nitrogens with one attached hydrogen (secondary N) is 2. The Morgan fingerprint density at radius 2 is 2.06 bits per heavy atom. The molecule has 1 saturated heterocycles. The van der Waals surface area contributed by atoms with E-state index in [0.717, 1.165) is 19.5 Å². The number of rotatable bonds is 4. The lowest BCUT2D eigenvalue weighted by Gasteiger charge is -2.24. The zero-order valence-electron chi connectivity index (χ0n) is 12.0. The van der Waals surface area contributed by atoms with Crippen molar-refractivity contribution in [3.8, 4) is 0 Å². The highest BCUT2D eigenvalue weighted by atomic mass is 15.0. The van der Waals surface area contributed by atoms with E-state index >= 15 is 0 Å². The highest BCUT2D eigenvalue weighted by molar-refractivity contribution is 5.38. The van der Waals surface area contributed by atoms with Crippen LogP contribution in [0, 0.1) is 20.8 Å². The Morgan fingerprint density at radius 1 is 1.22 bits per heavy atom. The molecule has 1 aromatic rings. The molecular formula is C16H26N2. The molecule has 100 valence electrons. The van der Waals surface area contributed by atoms with Crippen LogP contribution in [0.1, 0.15) is 35.1 Å². The Hall–Kier alpha value is -0.860. The van der Waals surface area contributed by atoms with Crippen LogP contribution in [0.4, 0.5) is 0 Å². The van der Waals surface area contributed by atoms with Gasteiger partial charge in [-0.2, -0.15) is 0 Å². The van der Waals surface area contributed by atoms with Gasteiger partial charge in [-0.15, -0.1) is 0 Å². The monoisotopic (exact) mass is 246 g/mol. The lowest BCUT2D eigenvalue weighted by molar-refractivity contribution is 0.392. The third-order valence-electron chi connectivity index (χ3n) is 4.29. The Morgan fingerprint density at radius 3 is 2.78 bits per heavy atom. The summed E-state index contributed by atoms with van der Waals surface area (Å²) in [6, 6.07) is 5.21. The van der Waals surface area contributed by atoms with E-state index < -0.39 is 0 Å². The quantitative estimate of drug-likeness (QED) is 0.853. The van der Waals surface area contributed by atoms with Crippen LogP contribution >= 0.6 is 0 Å². The van der Waals surface area contributed by atoms with Gasteiger partial charge in [-0.05, 0) is 75.4 Å². The zero-order valence-corrected chi connectivity index (χ0v) is 12.0. The highest BCUT2D eigenvalue weighted by Gasteiger charge is 2.11. The molecule has 1 fully saturated rings. The van der Waals surface area contributed by atoms with Gasteiger partial charge in [0.25, 0.3) is 0 Å². The minimum absolute atomic E-state index is 0.672. The van der Waals surface area contributed by atoms with Crippen molar-refractivity contribution in [2.45, 2.75) is 46.1 Å². The van der Waals surface area contributed by atoms with Crippen LogP contribution in [0.2, 0.25) is 0 Å². The van der Waals surface area contributed by atoms with Gasteiger partial charge in [0.05, 0.1) is 0 Å². The molecule has 2 heteroatoms. The minimum Gasteiger partial charge on any atom is -0.315 e. The fraction of sp³-hybridized carbons (Fsp3) is 0.625. The molecular weight excluding hydrogens is 220 g/mol. The number of piperidine rings is 1. The molecule has 2 rings (SSSR count). The van der Waals surface area contributed by atoms with E-state index in [1.165, 1.54) is 41.6 Å². The summed E-state index contributed by atoms with van der Waals surface area (Å²) in [4.78, 5) is 0. The van der Waals surface area contributed by atoms with E-state index in [0.29, 0.717) is 6.04 Å². The lowest BCUT2D eigenvalue weighted by atomic mass is 9.97. The van der Waals surface area contributed by atoms with Gasteiger partial charge in [0, 0.05) is 12.6 Å². The minimum atomic E-state index is 0.672. The summed E-state index contributed by atoms with van der Waals surface area (Å²) >= 11 is 0. The van der Waals surface area contributed by atoms with Crippen LogP contribution < -0.4 is 10.6 Å². The highest BCUT2D eigenvalue weighted by Crippen LogP contribution is 2.17. The summed E-state index contributed by atoms with van der Waals surface area (Å²) in [6.45, 7) is 10.1. The van der Waals surface area contributed by atoms with Gasteiger partial charge < -0.3 is 10.6 Å². The summed E-state index contributed by atoms with van der Waals surface area (Å²) in [7, 11) is 0. The third kappa shape index (κ3) is 3.33. The number of aryl methyl sites for hydroxylation is 1. The molecule has 1 aliphatic heterocycles. The van der Waals surface area contributed by atoms with Crippen LogP contribution in [0.3, 0.4) is 0 Å². The maximum Gasteiger partial charge on any atom is 0.0193 e. The molecule has 2 N–H and O–H groups in total. The van der Waals surface area contributed by atoms with Gasteiger partial charge in [-0.3, -0.25) is 0 Å². The van der Waals surface area contributed by atoms with E-state index in [9.17, 15) is 0 Å². The van der Waals surface area contributed by atoms with Crippen molar-refractivity contribution in [1.29, 1.82) is 0 Å². The molecule has 1 aliphatic rings. The van der Waals surface area contributed by atoms with Crippen molar-refractivity contribution in [2.75, 3.05) is 19.6 Å². The molecule has 0 aromatic heterocycles. The molecule has 0 spiro atoms. The van der Waals surface area contributed by atoms with Crippen molar-refractivity contribution in [1.82, 2.24) is 10.6 Å². The molecule has 2 nitrogen and oxygen atoms in total. The van der Waals surface area contributed by atoms with Crippen molar-refractivity contribution >= 4 is 0 Å². The number of hydrogen-bond acceptors (Lipinski definition) is 2. The van der Waals surface area contributed by atoms with E-state index in [4.69, 9.17) is 0 Å². The summed E-state index contributed by atoms with van der Waals surface area (Å²) in [5, 5.41) is 7.12. The van der Waals surface area contributed by atoms with Crippen LogP contribution in [0.15, 0.2) is 12.1 Å². The Balaban J connectivity index is 1.84. The predicted octanol–water partition coefficient (Wildman–Crippen LogP) is 2.50. The first-order chi connectivity index (χ1) is 8.68. The third-order valence-corrected chi connectivity index (χ3v) is 4.29. The Labute approximate surface area is 111 Å². The molecule has 0 bridgehead atoms. The average Bonchev–Trinajstić information content (AvgIpc) is 2.40. The van der Waals surface area contributed by atoms with Crippen molar-refractivity contribution in [3.63, 3.8) is 0 Å². The van der Waals surface area contributed by atoms with Crippen LogP contribution in [0.25, 0.3) is 0 Å². The first-order valence-corrected chi connectivity index (χ1v) is 7.18. The molecule has 1 atom stereocenters. The van der Waals surface area contributed by atoms with Gasteiger partial charge in [-0.25, -0.2) is 0 Å². The smallest absolute Gasteiger partial charge is 0.0193 e. The van der Waals surface area contributed by atoms with Crippen LogP contribution in [-0.4, -0.2) is 25.7 Å². The second kappa shape index (κ2) is 6.35. The fourth-order valence-electron chi connectivity index (χ4n) is 2.72. The molecule has 0 radical (unpaired) electrons. The Kier molecular flexibility index (Phi) is 4.79. The van der Waals surface area contributed by atoms with Gasteiger partial charge in [-0.1, -0.05) is 12.1 Å². The predicted molar refractivity (Wildman–Crippen MR) is 78.3 cm³/mol. The van der Waals surface area contributed by atoms with Crippen molar-refractivity contribution in [2.24, 2.45) is 0 Å². The lowest BCUT2D eigenvalue weighted by Crippen LogP contribution is -2.43. The Bertz CT molecular complexity index is 392.